The minimum atomic E-state index is -0.954. The van der Waals surface area contributed by atoms with Gasteiger partial charge in [-0.05, 0) is 46.0 Å². The van der Waals surface area contributed by atoms with Crippen molar-refractivity contribution in [1.82, 2.24) is 5.32 Å². The Morgan fingerprint density at radius 1 is 1.24 bits per heavy atom. The highest BCUT2D eigenvalue weighted by Crippen LogP contribution is 2.25. The molecule has 1 rings (SSSR count). The van der Waals surface area contributed by atoms with E-state index >= 15 is 0 Å². The fourth-order valence-corrected chi connectivity index (χ4v) is 1.86. The number of hydrogen-bond acceptors (Lipinski definition) is 2. The molecule has 0 atom stereocenters. The third-order valence-electron chi connectivity index (χ3n) is 3.34. The number of carboxylic acids is 1. The van der Waals surface area contributed by atoms with Gasteiger partial charge in [0.1, 0.15) is 0 Å². The van der Waals surface area contributed by atoms with Gasteiger partial charge >= 0.3 is 5.97 Å². The van der Waals surface area contributed by atoms with Crippen LogP contribution in [-0.2, 0) is 9.59 Å². The van der Waals surface area contributed by atoms with E-state index < -0.39 is 5.97 Å². The minimum absolute atomic E-state index is 0.214. The molecule has 0 heterocycles. The Hall–Kier alpha value is -1.32. The van der Waals surface area contributed by atoms with Crippen molar-refractivity contribution in [2.45, 2.75) is 58.4 Å². The number of rotatable bonds is 4. The average molecular weight is 239 g/mol. The molecule has 0 aromatic rings. The van der Waals surface area contributed by atoms with Gasteiger partial charge in [0.15, 0.2) is 0 Å². The zero-order valence-corrected chi connectivity index (χ0v) is 10.8. The molecule has 4 nitrogen and oxygen atoms in total. The first-order chi connectivity index (χ1) is 7.87. The van der Waals surface area contributed by atoms with Crippen molar-refractivity contribution < 1.29 is 14.7 Å². The topological polar surface area (TPSA) is 66.4 Å². The van der Waals surface area contributed by atoms with E-state index in [4.69, 9.17) is 5.11 Å². The lowest BCUT2D eigenvalue weighted by Crippen LogP contribution is -2.44. The van der Waals surface area contributed by atoms with Gasteiger partial charge < -0.3 is 10.4 Å². The first kappa shape index (κ1) is 13.7. The van der Waals surface area contributed by atoms with Crippen LogP contribution in [-0.4, -0.2) is 22.5 Å². The number of amides is 1. The summed E-state index contributed by atoms with van der Waals surface area (Å²) in [6, 6.07) is 0. The van der Waals surface area contributed by atoms with Crippen molar-refractivity contribution >= 4 is 11.9 Å². The van der Waals surface area contributed by atoms with Crippen LogP contribution in [0.3, 0.4) is 0 Å². The largest absolute Gasteiger partial charge is 0.478 e. The van der Waals surface area contributed by atoms with Crippen LogP contribution >= 0.6 is 0 Å². The lowest BCUT2D eigenvalue weighted by atomic mass is 9.90. The molecule has 4 heteroatoms. The molecule has 0 bridgehead atoms. The summed E-state index contributed by atoms with van der Waals surface area (Å²) >= 11 is 0. The van der Waals surface area contributed by atoms with E-state index in [0.29, 0.717) is 24.0 Å². The van der Waals surface area contributed by atoms with Crippen molar-refractivity contribution in [3.05, 3.63) is 11.1 Å². The highest BCUT2D eigenvalue weighted by molar-refractivity contribution is 6.02. The predicted molar refractivity (Wildman–Crippen MR) is 65.6 cm³/mol. The van der Waals surface area contributed by atoms with Gasteiger partial charge in [-0.25, -0.2) is 4.79 Å². The number of aliphatic carboxylic acids is 1. The molecule has 1 aliphatic rings. The summed E-state index contributed by atoms with van der Waals surface area (Å²) in [5.41, 5.74) is 0.469. The molecule has 17 heavy (non-hydrogen) atoms. The second kappa shape index (κ2) is 5.34. The van der Waals surface area contributed by atoms with Crippen LogP contribution in [0.25, 0.3) is 0 Å². The van der Waals surface area contributed by atoms with Crippen LogP contribution in [0.2, 0.25) is 0 Å². The van der Waals surface area contributed by atoms with Crippen molar-refractivity contribution in [2.75, 3.05) is 0 Å². The number of hydrogen-bond donors (Lipinski definition) is 2. The van der Waals surface area contributed by atoms with E-state index in [1.54, 1.807) is 0 Å². The van der Waals surface area contributed by atoms with Gasteiger partial charge in [-0.1, -0.05) is 6.92 Å². The van der Waals surface area contributed by atoms with Crippen molar-refractivity contribution in [3.63, 3.8) is 0 Å². The number of carboxylic acid groups (broad SMARTS) is 1. The molecular formula is C13H21NO3. The van der Waals surface area contributed by atoms with Crippen molar-refractivity contribution in [1.29, 1.82) is 0 Å². The third kappa shape index (κ3) is 3.58. The molecule has 2 N–H and O–H groups in total. The average Bonchev–Trinajstić information content (AvgIpc) is 2.28. The maximum Gasteiger partial charge on any atom is 0.332 e. The number of nitrogens with one attached hydrogen (secondary N) is 1. The standard InChI is InChI=1S/C13H21NO3/c1-4-13(2,3)14-11(15)9-7-5-6-8-10(9)12(16)17/h4-8H2,1-3H3,(H,14,15)(H,16,17). The fraction of sp³-hybridized carbons (Fsp3) is 0.692. The van der Waals surface area contributed by atoms with E-state index in [-0.39, 0.29) is 11.4 Å². The molecular weight excluding hydrogens is 218 g/mol. The summed E-state index contributed by atoms with van der Waals surface area (Å²) in [6.07, 6.45) is 3.65. The third-order valence-corrected chi connectivity index (χ3v) is 3.34. The maximum atomic E-state index is 12.1. The van der Waals surface area contributed by atoms with Crippen LogP contribution in [0.1, 0.15) is 52.9 Å². The van der Waals surface area contributed by atoms with Crippen molar-refractivity contribution in [2.24, 2.45) is 0 Å². The van der Waals surface area contributed by atoms with Crippen molar-refractivity contribution in [3.8, 4) is 0 Å². The molecule has 0 aromatic heterocycles. The van der Waals surface area contributed by atoms with Gasteiger partial charge in [0, 0.05) is 16.7 Å². The predicted octanol–water partition coefficient (Wildman–Crippen LogP) is 2.25. The molecule has 0 aromatic carbocycles. The first-order valence-corrected chi connectivity index (χ1v) is 6.15. The Morgan fingerprint density at radius 2 is 1.76 bits per heavy atom. The number of carbonyl (C=O) groups excluding carboxylic acids is 1. The van der Waals surface area contributed by atoms with Gasteiger partial charge in [0.05, 0.1) is 0 Å². The first-order valence-electron chi connectivity index (χ1n) is 6.15. The summed E-state index contributed by atoms with van der Waals surface area (Å²) in [4.78, 5) is 23.1. The quantitative estimate of drug-likeness (QED) is 0.790. The monoisotopic (exact) mass is 239 g/mol. The Balaban J connectivity index is 2.89. The zero-order valence-electron chi connectivity index (χ0n) is 10.8. The molecule has 0 saturated carbocycles. The normalized spacial score (nSPS) is 16.9. The van der Waals surface area contributed by atoms with Gasteiger partial charge in [-0.2, -0.15) is 0 Å². The molecule has 0 radical (unpaired) electrons. The number of carbonyl (C=O) groups is 2. The van der Waals surface area contributed by atoms with Crippen LogP contribution in [0.5, 0.6) is 0 Å². The summed E-state index contributed by atoms with van der Waals surface area (Å²) in [5.74, 6) is -1.17. The molecule has 0 aliphatic heterocycles. The van der Waals surface area contributed by atoms with Gasteiger partial charge in [-0.15, -0.1) is 0 Å². The van der Waals surface area contributed by atoms with Crippen LogP contribution in [0, 0.1) is 0 Å². The Morgan fingerprint density at radius 3 is 2.24 bits per heavy atom. The fourth-order valence-electron chi connectivity index (χ4n) is 1.86. The van der Waals surface area contributed by atoms with E-state index in [1.165, 1.54) is 0 Å². The smallest absolute Gasteiger partial charge is 0.332 e. The van der Waals surface area contributed by atoms with Gasteiger partial charge in [0.25, 0.3) is 0 Å². The summed E-state index contributed by atoms with van der Waals surface area (Å²) < 4.78 is 0. The van der Waals surface area contributed by atoms with Crippen LogP contribution < -0.4 is 5.32 Å². The molecule has 0 spiro atoms. The molecule has 0 saturated heterocycles. The second-order valence-corrected chi connectivity index (χ2v) is 5.16. The summed E-state index contributed by atoms with van der Waals surface area (Å²) in [7, 11) is 0. The van der Waals surface area contributed by atoms with Gasteiger partial charge in [-0.3, -0.25) is 4.79 Å². The highest BCUT2D eigenvalue weighted by Gasteiger charge is 2.26. The molecule has 1 aliphatic carbocycles. The van der Waals surface area contributed by atoms with E-state index in [9.17, 15) is 9.59 Å². The van der Waals surface area contributed by atoms with E-state index in [0.717, 1.165) is 19.3 Å². The zero-order chi connectivity index (χ0) is 13.1. The maximum absolute atomic E-state index is 12.1. The minimum Gasteiger partial charge on any atom is -0.478 e. The molecule has 0 unspecified atom stereocenters. The molecule has 96 valence electrons. The van der Waals surface area contributed by atoms with E-state index in [2.05, 4.69) is 5.32 Å². The van der Waals surface area contributed by atoms with E-state index in [1.807, 2.05) is 20.8 Å². The Bertz CT molecular complexity index is 356. The molecule has 1 amide bonds. The Kier molecular flexibility index (Phi) is 4.32. The van der Waals surface area contributed by atoms with Crippen LogP contribution in [0.15, 0.2) is 11.1 Å². The van der Waals surface area contributed by atoms with Crippen LogP contribution in [0.4, 0.5) is 0 Å². The summed E-state index contributed by atoms with van der Waals surface area (Å²) in [5, 5.41) is 12.0. The highest BCUT2D eigenvalue weighted by atomic mass is 16.4. The molecule has 0 fully saturated rings. The second-order valence-electron chi connectivity index (χ2n) is 5.16. The Labute approximate surface area is 102 Å². The lowest BCUT2D eigenvalue weighted by molar-refractivity contribution is -0.133. The SMILES string of the molecule is CCC(C)(C)NC(=O)C1=C(C(=O)O)CCCC1. The lowest BCUT2D eigenvalue weighted by Gasteiger charge is -2.26. The van der Waals surface area contributed by atoms with Gasteiger partial charge in [0.2, 0.25) is 5.91 Å². The summed E-state index contributed by atoms with van der Waals surface area (Å²) in [6.45, 7) is 5.87.